The molecular formula is C18H21BrO3. The third-order valence-electron chi connectivity index (χ3n) is 5.55. The Morgan fingerprint density at radius 1 is 1.18 bits per heavy atom. The fourth-order valence-electron chi connectivity index (χ4n) is 4.42. The molecule has 0 aromatic heterocycles. The van der Waals surface area contributed by atoms with Crippen LogP contribution in [0.15, 0.2) is 35.3 Å². The summed E-state index contributed by atoms with van der Waals surface area (Å²) >= 11 is 3.55. The van der Waals surface area contributed by atoms with Gasteiger partial charge in [-0.3, -0.25) is 0 Å². The average molecular weight is 365 g/mol. The molecule has 3 nitrogen and oxygen atoms in total. The van der Waals surface area contributed by atoms with Crippen molar-refractivity contribution >= 4 is 15.9 Å². The van der Waals surface area contributed by atoms with Crippen molar-refractivity contribution in [2.24, 2.45) is 5.92 Å². The maximum absolute atomic E-state index is 6.04. The molecule has 4 heteroatoms. The molecule has 0 N–H and O–H groups in total. The van der Waals surface area contributed by atoms with Gasteiger partial charge in [0.1, 0.15) is 5.75 Å². The molecule has 22 heavy (non-hydrogen) atoms. The molecule has 118 valence electrons. The van der Waals surface area contributed by atoms with E-state index >= 15 is 0 Å². The van der Waals surface area contributed by atoms with E-state index in [-0.39, 0.29) is 11.2 Å². The van der Waals surface area contributed by atoms with Gasteiger partial charge in [0.2, 0.25) is 0 Å². The van der Waals surface area contributed by atoms with Gasteiger partial charge < -0.3 is 14.2 Å². The van der Waals surface area contributed by atoms with Crippen molar-refractivity contribution in [3.63, 3.8) is 0 Å². The molecule has 2 heterocycles. The number of hydrogen-bond acceptors (Lipinski definition) is 3. The lowest BCUT2D eigenvalue weighted by molar-refractivity contribution is -0.195. The summed E-state index contributed by atoms with van der Waals surface area (Å²) in [5.74, 6) is 1.07. The minimum Gasteiger partial charge on any atom is -0.493 e. The van der Waals surface area contributed by atoms with Gasteiger partial charge in [-0.15, -0.1) is 6.58 Å². The van der Waals surface area contributed by atoms with E-state index in [4.69, 9.17) is 14.2 Å². The molecular weight excluding hydrogens is 344 g/mol. The van der Waals surface area contributed by atoms with E-state index in [0.29, 0.717) is 19.1 Å². The molecule has 2 fully saturated rings. The second kappa shape index (κ2) is 5.36. The summed E-state index contributed by atoms with van der Waals surface area (Å²) in [4.78, 5) is 0. The summed E-state index contributed by atoms with van der Waals surface area (Å²) in [6, 6.07) is 6.37. The minimum absolute atomic E-state index is 0.0346. The van der Waals surface area contributed by atoms with E-state index in [1.165, 1.54) is 5.56 Å². The van der Waals surface area contributed by atoms with Crippen LogP contribution in [0.25, 0.3) is 0 Å². The highest BCUT2D eigenvalue weighted by molar-refractivity contribution is 9.10. The molecule has 2 aliphatic heterocycles. The molecule has 0 radical (unpaired) electrons. The van der Waals surface area contributed by atoms with Crippen molar-refractivity contribution in [1.82, 2.24) is 0 Å². The summed E-state index contributed by atoms with van der Waals surface area (Å²) in [6.45, 7) is 6.36. The molecule has 1 aliphatic carbocycles. The number of hydrogen-bond donors (Lipinski definition) is 0. The maximum atomic E-state index is 6.04. The third-order valence-corrected chi connectivity index (χ3v) is 6.05. The first-order valence-corrected chi connectivity index (χ1v) is 8.81. The Morgan fingerprint density at radius 3 is 2.77 bits per heavy atom. The van der Waals surface area contributed by atoms with E-state index in [2.05, 4.69) is 46.8 Å². The minimum atomic E-state index is -0.364. The van der Waals surface area contributed by atoms with Crippen molar-refractivity contribution in [1.29, 1.82) is 0 Å². The van der Waals surface area contributed by atoms with Crippen LogP contribution in [0.2, 0.25) is 0 Å². The molecule has 1 saturated carbocycles. The van der Waals surface area contributed by atoms with Gasteiger partial charge >= 0.3 is 0 Å². The SMILES string of the molecule is C=C[C@@]12CCC3(C[C@@H]1CCOc1cc(Br)ccc12)OCCO3. The van der Waals surface area contributed by atoms with Crippen molar-refractivity contribution in [2.45, 2.75) is 36.9 Å². The first-order valence-electron chi connectivity index (χ1n) is 8.02. The summed E-state index contributed by atoms with van der Waals surface area (Å²) in [7, 11) is 0. The fourth-order valence-corrected chi connectivity index (χ4v) is 4.76. The van der Waals surface area contributed by atoms with Crippen molar-refractivity contribution in [3.8, 4) is 5.75 Å². The number of halogens is 1. The van der Waals surface area contributed by atoms with Crippen molar-refractivity contribution in [2.75, 3.05) is 19.8 Å². The average Bonchev–Trinajstić information content (AvgIpc) is 2.90. The number of rotatable bonds is 1. The van der Waals surface area contributed by atoms with Gasteiger partial charge in [0, 0.05) is 28.3 Å². The largest absolute Gasteiger partial charge is 0.493 e. The lowest BCUT2D eigenvalue weighted by Crippen LogP contribution is -2.47. The van der Waals surface area contributed by atoms with Crippen LogP contribution in [0.5, 0.6) is 5.75 Å². The van der Waals surface area contributed by atoms with Crippen molar-refractivity contribution in [3.05, 3.63) is 40.9 Å². The van der Waals surface area contributed by atoms with Gasteiger partial charge in [-0.05, 0) is 30.9 Å². The third kappa shape index (κ3) is 2.15. The van der Waals surface area contributed by atoms with E-state index in [1.807, 2.05) is 0 Å². The predicted octanol–water partition coefficient (Wildman–Crippen LogP) is 4.20. The van der Waals surface area contributed by atoms with Gasteiger partial charge in [-0.2, -0.15) is 0 Å². The molecule has 1 aromatic rings. The highest BCUT2D eigenvalue weighted by atomic mass is 79.9. The Kier molecular flexibility index (Phi) is 3.59. The zero-order valence-corrected chi connectivity index (χ0v) is 14.2. The van der Waals surface area contributed by atoms with Crippen LogP contribution in [0.3, 0.4) is 0 Å². The predicted molar refractivity (Wildman–Crippen MR) is 88.1 cm³/mol. The van der Waals surface area contributed by atoms with E-state index in [0.717, 1.165) is 42.5 Å². The topological polar surface area (TPSA) is 27.7 Å². The first kappa shape index (κ1) is 14.7. The lowest BCUT2D eigenvalue weighted by atomic mass is 9.60. The molecule has 0 unspecified atom stereocenters. The Bertz CT molecular complexity index is 594. The van der Waals surface area contributed by atoms with Gasteiger partial charge in [0.05, 0.1) is 19.8 Å². The summed E-state index contributed by atoms with van der Waals surface area (Å²) in [6.07, 6.45) is 6.00. The Labute approximate surface area is 139 Å². The smallest absolute Gasteiger partial charge is 0.168 e. The van der Waals surface area contributed by atoms with Crippen LogP contribution in [-0.2, 0) is 14.9 Å². The molecule has 2 atom stereocenters. The van der Waals surface area contributed by atoms with E-state index in [1.54, 1.807) is 0 Å². The van der Waals surface area contributed by atoms with Gasteiger partial charge in [0.15, 0.2) is 5.79 Å². The number of ether oxygens (including phenoxy) is 3. The Morgan fingerprint density at radius 2 is 2.00 bits per heavy atom. The van der Waals surface area contributed by atoms with Crippen molar-refractivity contribution < 1.29 is 14.2 Å². The summed E-state index contributed by atoms with van der Waals surface area (Å²) < 4.78 is 19.0. The Hall–Kier alpha value is -0.840. The molecule has 0 bridgehead atoms. The second-order valence-corrected chi connectivity index (χ2v) is 7.45. The van der Waals surface area contributed by atoms with Crippen LogP contribution in [0, 0.1) is 5.92 Å². The molecule has 1 saturated heterocycles. The van der Waals surface area contributed by atoms with Crippen LogP contribution in [0.4, 0.5) is 0 Å². The monoisotopic (exact) mass is 364 g/mol. The highest BCUT2D eigenvalue weighted by Gasteiger charge is 2.52. The standard InChI is InChI=1S/C18H21BrO3/c1-2-17-6-7-18(21-9-10-22-18)12-13(17)5-8-20-16-11-14(19)3-4-15(16)17/h2-4,11,13H,1,5-10,12H2/t13-,17+/m0/s1. The van der Waals surface area contributed by atoms with Gasteiger partial charge in [-0.25, -0.2) is 0 Å². The van der Waals surface area contributed by atoms with Crippen LogP contribution < -0.4 is 4.74 Å². The lowest BCUT2D eigenvalue weighted by Gasteiger charge is -2.47. The molecule has 1 spiro atoms. The molecule has 0 amide bonds. The number of benzene rings is 1. The zero-order chi connectivity index (χ0) is 15.2. The zero-order valence-electron chi connectivity index (χ0n) is 12.6. The fraction of sp³-hybridized carbons (Fsp3) is 0.556. The molecule has 1 aromatic carbocycles. The van der Waals surface area contributed by atoms with Gasteiger partial charge in [-0.1, -0.05) is 28.1 Å². The summed E-state index contributed by atoms with van der Waals surface area (Å²) in [5, 5.41) is 0. The molecule has 3 aliphatic rings. The Balaban J connectivity index is 1.77. The first-order chi connectivity index (χ1) is 10.7. The summed E-state index contributed by atoms with van der Waals surface area (Å²) in [5.41, 5.74) is 1.23. The van der Waals surface area contributed by atoms with Gasteiger partial charge in [0.25, 0.3) is 0 Å². The molecule has 4 rings (SSSR count). The number of fused-ring (bicyclic) bond motifs is 3. The number of allylic oxidation sites excluding steroid dienone is 1. The quantitative estimate of drug-likeness (QED) is 0.699. The van der Waals surface area contributed by atoms with Crippen LogP contribution in [-0.4, -0.2) is 25.6 Å². The highest BCUT2D eigenvalue weighted by Crippen LogP contribution is 2.55. The maximum Gasteiger partial charge on any atom is 0.168 e. The van der Waals surface area contributed by atoms with E-state index in [9.17, 15) is 0 Å². The van der Waals surface area contributed by atoms with Crippen LogP contribution in [0.1, 0.15) is 31.2 Å². The second-order valence-electron chi connectivity index (χ2n) is 6.53. The van der Waals surface area contributed by atoms with E-state index < -0.39 is 0 Å². The van der Waals surface area contributed by atoms with Crippen LogP contribution >= 0.6 is 15.9 Å². The normalized spacial score (nSPS) is 32.7.